The van der Waals surface area contributed by atoms with Crippen LogP contribution in [0.15, 0.2) is 24.4 Å². The van der Waals surface area contributed by atoms with Gasteiger partial charge in [-0.1, -0.05) is 6.92 Å². The van der Waals surface area contributed by atoms with Gasteiger partial charge in [0, 0.05) is 24.0 Å². The van der Waals surface area contributed by atoms with Crippen molar-refractivity contribution in [3.05, 3.63) is 35.8 Å². The summed E-state index contributed by atoms with van der Waals surface area (Å²) in [5.74, 6) is -0.0257. The van der Waals surface area contributed by atoms with Crippen LogP contribution in [0.2, 0.25) is 0 Å². The molecule has 0 aliphatic carbocycles. The molecule has 0 unspecified atom stereocenters. The van der Waals surface area contributed by atoms with Crippen LogP contribution in [0.4, 0.5) is 19.1 Å². The first-order valence-corrected chi connectivity index (χ1v) is 6.53. The molecule has 0 aromatic carbocycles. The fraction of sp³-hybridized carbons (Fsp3) is 0.357. The maximum absolute atomic E-state index is 12.9. The maximum atomic E-state index is 12.9. The molecular formula is C14H15F3N4. The largest absolute Gasteiger partial charge is 0.433 e. The average molecular weight is 296 g/mol. The van der Waals surface area contributed by atoms with Crippen molar-refractivity contribution in [2.45, 2.75) is 26.4 Å². The van der Waals surface area contributed by atoms with Gasteiger partial charge in [-0.15, -0.1) is 0 Å². The number of nitrogens with zero attached hydrogens (tertiary/aromatic N) is 3. The quantitative estimate of drug-likeness (QED) is 0.935. The van der Waals surface area contributed by atoms with Crippen molar-refractivity contribution < 1.29 is 13.2 Å². The van der Waals surface area contributed by atoms with Gasteiger partial charge in [-0.25, -0.2) is 9.97 Å². The molecule has 2 heterocycles. The summed E-state index contributed by atoms with van der Waals surface area (Å²) in [6, 6.07) is 4.35. The predicted molar refractivity (Wildman–Crippen MR) is 73.8 cm³/mol. The third kappa shape index (κ3) is 3.90. The first kappa shape index (κ1) is 15.2. The summed E-state index contributed by atoms with van der Waals surface area (Å²) in [6.07, 6.45) is -2.25. The number of pyridine rings is 1. The van der Waals surface area contributed by atoms with E-state index in [4.69, 9.17) is 0 Å². The van der Waals surface area contributed by atoms with E-state index in [9.17, 15) is 13.2 Å². The second kappa shape index (κ2) is 6.07. The maximum Gasteiger partial charge on any atom is 0.433 e. The molecule has 0 radical (unpaired) electrons. The molecule has 1 N–H and O–H groups in total. The van der Waals surface area contributed by atoms with Gasteiger partial charge in [-0.05, 0) is 31.5 Å². The molecule has 0 saturated carbocycles. The van der Waals surface area contributed by atoms with Crippen LogP contribution < -0.4 is 5.32 Å². The minimum atomic E-state index is -4.52. The first-order chi connectivity index (χ1) is 9.90. The van der Waals surface area contributed by atoms with Gasteiger partial charge in [0.25, 0.3) is 0 Å². The highest BCUT2D eigenvalue weighted by atomic mass is 19.4. The second-order valence-corrected chi connectivity index (χ2v) is 4.57. The third-order valence-electron chi connectivity index (χ3n) is 2.76. The molecule has 112 valence electrons. The van der Waals surface area contributed by atoms with Crippen LogP contribution in [-0.2, 0) is 6.18 Å². The Bertz CT molecular complexity index is 609. The summed E-state index contributed by atoms with van der Waals surface area (Å²) in [5, 5.41) is 2.79. The van der Waals surface area contributed by atoms with Crippen LogP contribution in [0.1, 0.15) is 24.7 Å². The van der Waals surface area contributed by atoms with Crippen molar-refractivity contribution in [2.75, 3.05) is 11.9 Å². The fourth-order valence-electron chi connectivity index (χ4n) is 1.68. The van der Waals surface area contributed by atoms with Crippen molar-refractivity contribution in [2.24, 2.45) is 0 Å². The van der Waals surface area contributed by atoms with Crippen molar-refractivity contribution in [3.63, 3.8) is 0 Å². The average Bonchev–Trinajstić information content (AvgIpc) is 2.44. The lowest BCUT2D eigenvalue weighted by Crippen LogP contribution is -2.13. The predicted octanol–water partition coefficient (Wildman–Crippen LogP) is 3.69. The highest BCUT2D eigenvalue weighted by Gasteiger charge is 2.33. The van der Waals surface area contributed by atoms with E-state index in [0.717, 1.165) is 18.2 Å². The van der Waals surface area contributed by atoms with E-state index < -0.39 is 11.9 Å². The number of nitrogens with one attached hydrogen (secondary N) is 1. The Morgan fingerprint density at radius 3 is 2.52 bits per heavy atom. The fourth-order valence-corrected chi connectivity index (χ4v) is 1.68. The molecule has 0 bridgehead atoms. The van der Waals surface area contributed by atoms with Gasteiger partial charge >= 0.3 is 6.18 Å². The molecule has 21 heavy (non-hydrogen) atoms. The van der Waals surface area contributed by atoms with Gasteiger partial charge in [0.1, 0.15) is 0 Å². The van der Waals surface area contributed by atoms with Crippen molar-refractivity contribution in [3.8, 4) is 11.3 Å². The monoisotopic (exact) mass is 296 g/mol. The zero-order chi connectivity index (χ0) is 15.5. The lowest BCUT2D eigenvalue weighted by molar-refractivity contribution is -0.141. The zero-order valence-electron chi connectivity index (χ0n) is 11.7. The Hall–Kier alpha value is -2.18. The van der Waals surface area contributed by atoms with Crippen LogP contribution in [0, 0.1) is 6.92 Å². The summed E-state index contributed by atoms with van der Waals surface area (Å²) in [7, 11) is 0. The van der Waals surface area contributed by atoms with Crippen molar-refractivity contribution in [1.29, 1.82) is 0 Å². The number of anilines is 1. The van der Waals surface area contributed by atoms with Crippen LogP contribution in [0.3, 0.4) is 0 Å². The Morgan fingerprint density at radius 2 is 1.95 bits per heavy atom. The molecule has 4 nitrogen and oxygen atoms in total. The highest BCUT2D eigenvalue weighted by Crippen LogP contribution is 2.30. The molecule has 2 aromatic rings. The molecule has 2 rings (SSSR count). The highest BCUT2D eigenvalue weighted by molar-refractivity contribution is 5.60. The van der Waals surface area contributed by atoms with E-state index in [1.807, 2.05) is 6.92 Å². The minimum Gasteiger partial charge on any atom is -0.354 e. The van der Waals surface area contributed by atoms with Gasteiger partial charge in [-0.2, -0.15) is 13.2 Å². The second-order valence-electron chi connectivity index (χ2n) is 4.57. The summed E-state index contributed by atoms with van der Waals surface area (Å²) in [4.78, 5) is 11.7. The van der Waals surface area contributed by atoms with E-state index in [2.05, 4.69) is 20.3 Å². The van der Waals surface area contributed by atoms with E-state index in [0.29, 0.717) is 12.1 Å². The van der Waals surface area contributed by atoms with E-state index in [1.165, 1.54) is 6.20 Å². The summed E-state index contributed by atoms with van der Waals surface area (Å²) < 4.78 is 38.7. The van der Waals surface area contributed by atoms with Gasteiger partial charge < -0.3 is 5.32 Å². The van der Waals surface area contributed by atoms with Crippen LogP contribution >= 0.6 is 0 Å². The number of alkyl halides is 3. The van der Waals surface area contributed by atoms with Crippen LogP contribution in [0.5, 0.6) is 0 Å². The van der Waals surface area contributed by atoms with Gasteiger partial charge in [0.05, 0.1) is 5.69 Å². The Balaban J connectivity index is 2.46. The molecule has 0 atom stereocenters. The number of hydrogen-bond donors (Lipinski definition) is 1. The van der Waals surface area contributed by atoms with Gasteiger partial charge in [0.15, 0.2) is 5.69 Å². The smallest absolute Gasteiger partial charge is 0.354 e. The van der Waals surface area contributed by atoms with E-state index in [1.54, 1.807) is 19.1 Å². The molecule has 0 aliphatic rings. The van der Waals surface area contributed by atoms with Crippen LogP contribution in [0.25, 0.3) is 11.3 Å². The molecule has 0 aliphatic heterocycles. The molecule has 0 fully saturated rings. The van der Waals surface area contributed by atoms with E-state index in [-0.39, 0.29) is 11.6 Å². The molecule has 0 amide bonds. The molecule has 2 aromatic heterocycles. The number of aryl methyl sites for hydroxylation is 1. The Morgan fingerprint density at radius 1 is 1.19 bits per heavy atom. The third-order valence-corrected chi connectivity index (χ3v) is 2.76. The normalized spacial score (nSPS) is 11.5. The molecule has 0 saturated heterocycles. The van der Waals surface area contributed by atoms with Crippen molar-refractivity contribution in [1.82, 2.24) is 15.0 Å². The number of rotatable bonds is 4. The molecule has 7 heteroatoms. The molecular weight excluding hydrogens is 281 g/mol. The summed E-state index contributed by atoms with van der Waals surface area (Å²) in [5.41, 5.74) is 0.538. The minimum absolute atomic E-state index is 0.0257. The Labute approximate surface area is 120 Å². The lowest BCUT2D eigenvalue weighted by atomic mass is 10.1. The first-order valence-electron chi connectivity index (χ1n) is 6.53. The SMILES string of the molecule is CCCNc1nc(-c2ccc(C)nc2)cc(C(F)(F)F)n1. The number of hydrogen-bond acceptors (Lipinski definition) is 4. The standard InChI is InChI=1S/C14H15F3N4/c1-3-6-18-13-20-11(7-12(21-13)14(15,16)17)10-5-4-9(2)19-8-10/h4-5,7-8H,3,6H2,1-2H3,(H,18,20,21). The van der Waals surface area contributed by atoms with Crippen molar-refractivity contribution >= 4 is 5.95 Å². The molecule has 0 spiro atoms. The number of halogens is 3. The number of aromatic nitrogens is 3. The van der Waals surface area contributed by atoms with Crippen LogP contribution in [-0.4, -0.2) is 21.5 Å². The van der Waals surface area contributed by atoms with Gasteiger partial charge in [-0.3, -0.25) is 4.98 Å². The Kier molecular flexibility index (Phi) is 4.40. The summed E-state index contributed by atoms with van der Waals surface area (Å²) >= 11 is 0. The zero-order valence-corrected chi connectivity index (χ0v) is 11.7. The topological polar surface area (TPSA) is 50.7 Å². The lowest BCUT2D eigenvalue weighted by Gasteiger charge is -2.11. The summed E-state index contributed by atoms with van der Waals surface area (Å²) in [6.45, 7) is 4.22. The van der Waals surface area contributed by atoms with Gasteiger partial charge in [0.2, 0.25) is 5.95 Å². The van der Waals surface area contributed by atoms with E-state index >= 15 is 0 Å².